The van der Waals surface area contributed by atoms with E-state index in [1.807, 2.05) is 6.07 Å². The Balaban J connectivity index is 2.06. The highest BCUT2D eigenvalue weighted by atomic mass is 16.8. The van der Waals surface area contributed by atoms with Crippen LogP contribution in [0.3, 0.4) is 0 Å². The van der Waals surface area contributed by atoms with Gasteiger partial charge in [-0.2, -0.15) is 10.4 Å². The molecule has 3 rings (SSSR count). The van der Waals surface area contributed by atoms with Gasteiger partial charge in [-0.15, -0.1) is 13.2 Å². The van der Waals surface area contributed by atoms with Gasteiger partial charge in [0.25, 0.3) is 0 Å². The number of hydrogen-bond acceptors (Lipinski definition) is 14. The van der Waals surface area contributed by atoms with E-state index in [1.54, 1.807) is 13.8 Å². The monoisotopic (exact) mass is 573 g/mol. The molecule has 1 saturated heterocycles. The van der Waals surface area contributed by atoms with E-state index in [0.29, 0.717) is 18.4 Å². The van der Waals surface area contributed by atoms with Gasteiger partial charge in [0, 0.05) is 0 Å². The molecule has 15 nitrogen and oxygen atoms in total. The lowest BCUT2D eigenvalue weighted by Gasteiger charge is -2.28. The van der Waals surface area contributed by atoms with E-state index in [4.69, 9.17) is 38.9 Å². The molecular weight excluding hydrogens is 542 g/mol. The number of aromatic nitrogens is 3. The smallest absolute Gasteiger partial charge is 0.434 e. The van der Waals surface area contributed by atoms with Crippen LogP contribution in [0.4, 0.5) is 20.2 Å². The highest BCUT2D eigenvalue weighted by Gasteiger charge is 2.63. The van der Waals surface area contributed by atoms with Gasteiger partial charge in [0.15, 0.2) is 18.0 Å². The lowest BCUT2D eigenvalue weighted by atomic mass is 9.92. The number of nitriles is 1. The number of carbonyl (C=O) groups is 3. The molecule has 0 bridgehead atoms. The topological polar surface area (TPSA) is 196 Å². The molecule has 0 aliphatic carbocycles. The lowest BCUT2D eigenvalue weighted by molar-refractivity contribution is -0.0807. The normalized spacial score (nSPS) is 21.5. The summed E-state index contributed by atoms with van der Waals surface area (Å²) in [6.07, 6.45) is -3.58. The second-order valence-corrected chi connectivity index (χ2v) is 8.86. The summed E-state index contributed by atoms with van der Waals surface area (Å²) in [6.45, 7) is 9.64. The molecule has 0 radical (unpaired) electrons. The van der Waals surface area contributed by atoms with Crippen LogP contribution in [0.2, 0.25) is 0 Å². The molecular formula is C26H31N5O10. The molecule has 15 heteroatoms. The van der Waals surface area contributed by atoms with E-state index in [9.17, 15) is 19.6 Å². The van der Waals surface area contributed by atoms with Gasteiger partial charge in [-0.05, 0) is 38.8 Å². The molecule has 0 spiro atoms. The van der Waals surface area contributed by atoms with E-state index in [-0.39, 0.29) is 24.7 Å². The first-order valence-electron chi connectivity index (χ1n) is 12.6. The molecule has 1 aliphatic heterocycles. The van der Waals surface area contributed by atoms with E-state index >= 15 is 0 Å². The van der Waals surface area contributed by atoms with Crippen molar-refractivity contribution in [3.05, 3.63) is 49.5 Å². The summed E-state index contributed by atoms with van der Waals surface area (Å²) in [5, 5.41) is 14.7. The molecule has 2 N–H and O–H groups in total. The molecule has 2 aromatic rings. The SMILES string of the molecule is C=CCCOC(=O)O[C@H]1[C@@H](OC(=O)OCCC=C)[C@](C#N)(c2ccc3c(N)ncnn23)O[C@@H]1COC(=O)OC(C)C. The summed E-state index contributed by atoms with van der Waals surface area (Å²) in [5.41, 5.74) is 4.15. The summed E-state index contributed by atoms with van der Waals surface area (Å²) in [7, 11) is 0. The summed E-state index contributed by atoms with van der Waals surface area (Å²) in [4.78, 5) is 41.4. The molecule has 1 aliphatic rings. The van der Waals surface area contributed by atoms with Crippen molar-refractivity contribution in [3.8, 4) is 6.07 Å². The average Bonchev–Trinajstić information content (AvgIpc) is 3.48. The van der Waals surface area contributed by atoms with Crippen LogP contribution in [0.5, 0.6) is 0 Å². The van der Waals surface area contributed by atoms with Gasteiger partial charge in [0.2, 0.25) is 5.60 Å². The minimum atomic E-state index is -2.17. The Kier molecular flexibility index (Phi) is 10.5. The fourth-order valence-corrected chi connectivity index (χ4v) is 3.91. The fraction of sp³-hybridized carbons (Fsp3) is 0.462. The van der Waals surface area contributed by atoms with Crippen LogP contribution < -0.4 is 5.73 Å². The largest absolute Gasteiger partial charge is 0.508 e. The molecule has 0 aromatic carbocycles. The van der Waals surface area contributed by atoms with Crippen LogP contribution in [0.1, 0.15) is 32.4 Å². The zero-order valence-corrected chi connectivity index (χ0v) is 22.6. The maximum Gasteiger partial charge on any atom is 0.508 e. The highest BCUT2D eigenvalue weighted by molar-refractivity contribution is 5.67. The van der Waals surface area contributed by atoms with Crippen molar-refractivity contribution in [3.63, 3.8) is 0 Å². The third-order valence-electron chi connectivity index (χ3n) is 5.67. The minimum absolute atomic E-state index is 0.0499. The summed E-state index contributed by atoms with van der Waals surface area (Å²) in [6, 6.07) is 4.99. The van der Waals surface area contributed by atoms with Crippen molar-refractivity contribution in [2.45, 2.75) is 56.7 Å². The first-order valence-corrected chi connectivity index (χ1v) is 12.6. The Morgan fingerprint density at radius 3 is 2.39 bits per heavy atom. The van der Waals surface area contributed by atoms with Crippen molar-refractivity contribution >= 4 is 29.8 Å². The van der Waals surface area contributed by atoms with Gasteiger partial charge < -0.3 is 38.9 Å². The van der Waals surface area contributed by atoms with Crippen LogP contribution in [0.15, 0.2) is 43.8 Å². The number of anilines is 1. The van der Waals surface area contributed by atoms with Gasteiger partial charge in [0.05, 0.1) is 25.0 Å². The van der Waals surface area contributed by atoms with Crippen LogP contribution >= 0.6 is 0 Å². The number of rotatable bonds is 12. The van der Waals surface area contributed by atoms with Crippen molar-refractivity contribution in [2.75, 3.05) is 25.6 Å². The van der Waals surface area contributed by atoms with Crippen LogP contribution in [0.25, 0.3) is 5.52 Å². The van der Waals surface area contributed by atoms with Crippen LogP contribution in [0, 0.1) is 11.3 Å². The maximum atomic E-state index is 12.7. The third kappa shape index (κ3) is 7.22. The highest BCUT2D eigenvalue weighted by Crippen LogP contribution is 2.44. The molecule has 220 valence electrons. The Morgan fingerprint density at radius 1 is 1.12 bits per heavy atom. The van der Waals surface area contributed by atoms with Crippen LogP contribution in [-0.4, -0.2) is 77.3 Å². The maximum absolute atomic E-state index is 12.7. The number of nitrogens with two attached hydrogens (primary N) is 1. The molecule has 1 fully saturated rings. The third-order valence-corrected chi connectivity index (χ3v) is 5.67. The van der Waals surface area contributed by atoms with Gasteiger partial charge in [-0.3, -0.25) is 0 Å². The molecule has 41 heavy (non-hydrogen) atoms. The van der Waals surface area contributed by atoms with Gasteiger partial charge >= 0.3 is 18.5 Å². The van der Waals surface area contributed by atoms with Gasteiger partial charge in [0.1, 0.15) is 30.6 Å². The lowest BCUT2D eigenvalue weighted by Crippen LogP contribution is -2.46. The molecule has 3 heterocycles. The summed E-state index contributed by atoms with van der Waals surface area (Å²) >= 11 is 0. The standard InChI is InChI=1S/C26H31N5O10/c1-5-7-11-35-23(32)39-20-18(13-37-25(34)38-16(3)4)41-26(14-27,21(20)40-24(33)36-12-8-6-2)19-10-9-17-22(28)29-15-30-31(17)19/h5-6,9-10,15-16,18,20-21H,1-2,7-8,11-13H2,3-4H3,(H2,28,29,30)/t18-,20-,21-,26+/m1/s1. The number of nitrogens with zero attached hydrogens (tertiary/aromatic N) is 4. The molecule has 4 atom stereocenters. The van der Waals surface area contributed by atoms with Gasteiger partial charge in [-0.1, -0.05) is 12.2 Å². The molecule has 2 aromatic heterocycles. The summed E-state index contributed by atoms with van der Waals surface area (Å²) < 4.78 is 38.7. The predicted octanol–water partition coefficient (Wildman–Crippen LogP) is 3.19. The number of nitrogen functional groups attached to an aromatic ring is 1. The van der Waals surface area contributed by atoms with Crippen LogP contribution in [-0.2, 0) is 38.8 Å². The van der Waals surface area contributed by atoms with Crippen molar-refractivity contribution in [1.82, 2.24) is 14.6 Å². The first kappa shape index (κ1) is 30.7. The number of carbonyl (C=O) groups excluding carboxylic acids is 3. The fourth-order valence-electron chi connectivity index (χ4n) is 3.91. The quantitative estimate of drug-likeness (QED) is 0.168. The second-order valence-electron chi connectivity index (χ2n) is 8.86. The Bertz CT molecular complexity index is 1310. The van der Waals surface area contributed by atoms with Crippen molar-refractivity contribution in [2.24, 2.45) is 0 Å². The molecule has 0 amide bonds. The van der Waals surface area contributed by atoms with E-state index in [0.717, 1.165) is 6.33 Å². The number of fused-ring (bicyclic) bond motifs is 1. The zero-order valence-electron chi connectivity index (χ0n) is 22.6. The average molecular weight is 574 g/mol. The Labute approximate surface area is 235 Å². The Hall–Kier alpha value is -4.84. The molecule has 0 saturated carbocycles. The predicted molar refractivity (Wildman–Crippen MR) is 139 cm³/mol. The van der Waals surface area contributed by atoms with Gasteiger partial charge in [-0.25, -0.2) is 23.9 Å². The number of ether oxygens (including phenoxy) is 7. The summed E-state index contributed by atoms with van der Waals surface area (Å²) in [5.74, 6) is 0.0913. The second kappa shape index (κ2) is 14.0. The van der Waals surface area contributed by atoms with Crippen molar-refractivity contribution in [1.29, 1.82) is 5.26 Å². The van der Waals surface area contributed by atoms with E-state index in [1.165, 1.54) is 28.8 Å². The first-order chi connectivity index (χ1) is 19.7. The Morgan fingerprint density at radius 2 is 1.78 bits per heavy atom. The zero-order chi connectivity index (χ0) is 30.0. The number of hydrogen-bond donors (Lipinski definition) is 1. The van der Waals surface area contributed by atoms with E-state index < -0.39 is 55.1 Å². The van der Waals surface area contributed by atoms with Crippen molar-refractivity contribution < 1.29 is 47.5 Å². The minimum Gasteiger partial charge on any atom is -0.434 e. The molecule has 0 unspecified atom stereocenters. The van der Waals surface area contributed by atoms with E-state index in [2.05, 4.69) is 23.2 Å².